The normalized spacial score (nSPS) is 10.5. The quantitative estimate of drug-likeness (QED) is 0.599. The molecule has 0 bridgehead atoms. The van der Waals surface area contributed by atoms with Gasteiger partial charge in [-0.2, -0.15) is 0 Å². The highest BCUT2D eigenvalue weighted by molar-refractivity contribution is 5.91. The number of carbonyl (C=O) groups is 3. The van der Waals surface area contributed by atoms with E-state index in [9.17, 15) is 14.4 Å². The zero-order valence-electron chi connectivity index (χ0n) is 12.5. The standard InChI is InChI=1S/C18H14O6/c19-9-1-2-12-3-4-14(18(22)23)10-16(12)13-5-7-15(8-6-13)24-11-17(20)21/h1-10H,11H2,(H,20,21)(H,22,23). The van der Waals surface area contributed by atoms with Crippen molar-refractivity contribution < 1.29 is 29.3 Å². The summed E-state index contributed by atoms with van der Waals surface area (Å²) in [5, 5.41) is 17.7. The number of hydrogen-bond donors (Lipinski definition) is 2. The van der Waals surface area contributed by atoms with Gasteiger partial charge in [0.05, 0.1) is 5.56 Å². The Morgan fingerprint density at radius 3 is 2.33 bits per heavy atom. The third-order valence-corrected chi connectivity index (χ3v) is 3.18. The van der Waals surface area contributed by atoms with Crippen LogP contribution in [0.3, 0.4) is 0 Å². The predicted octanol–water partition coefficient (Wildman–Crippen LogP) is 2.73. The molecule has 0 heterocycles. The van der Waals surface area contributed by atoms with E-state index >= 15 is 0 Å². The van der Waals surface area contributed by atoms with Crippen molar-refractivity contribution >= 4 is 24.3 Å². The second kappa shape index (κ2) is 7.73. The number of aromatic carboxylic acids is 1. The average Bonchev–Trinajstić information content (AvgIpc) is 2.58. The Kier molecular flexibility index (Phi) is 5.46. The van der Waals surface area contributed by atoms with Gasteiger partial charge in [0, 0.05) is 0 Å². The maximum absolute atomic E-state index is 11.2. The molecule has 0 spiro atoms. The van der Waals surface area contributed by atoms with Crippen molar-refractivity contribution in [3.05, 3.63) is 59.7 Å². The Labute approximate surface area is 137 Å². The summed E-state index contributed by atoms with van der Waals surface area (Å²) in [6, 6.07) is 11.2. The Bertz CT molecular complexity index is 790. The molecule has 0 aromatic heterocycles. The van der Waals surface area contributed by atoms with Gasteiger partial charge in [-0.3, -0.25) is 4.79 Å². The fraction of sp³-hybridized carbons (Fsp3) is 0.0556. The molecule has 0 aliphatic heterocycles. The minimum atomic E-state index is -1.07. The van der Waals surface area contributed by atoms with Gasteiger partial charge in [-0.1, -0.05) is 24.3 Å². The maximum Gasteiger partial charge on any atom is 0.341 e. The van der Waals surface area contributed by atoms with Crippen LogP contribution < -0.4 is 4.74 Å². The number of hydrogen-bond acceptors (Lipinski definition) is 4. The molecule has 0 amide bonds. The number of carboxylic acid groups (broad SMARTS) is 2. The number of aliphatic carboxylic acids is 1. The van der Waals surface area contributed by atoms with Crippen LogP contribution in [0.5, 0.6) is 5.75 Å². The van der Waals surface area contributed by atoms with Crippen LogP contribution in [0.25, 0.3) is 17.2 Å². The number of rotatable bonds is 7. The van der Waals surface area contributed by atoms with Gasteiger partial charge < -0.3 is 14.9 Å². The van der Waals surface area contributed by atoms with E-state index in [-0.39, 0.29) is 5.56 Å². The van der Waals surface area contributed by atoms with Crippen LogP contribution in [0, 0.1) is 0 Å². The van der Waals surface area contributed by atoms with Crippen molar-refractivity contribution in [3.8, 4) is 16.9 Å². The van der Waals surface area contributed by atoms with Gasteiger partial charge in [-0.25, -0.2) is 9.59 Å². The molecule has 2 N–H and O–H groups in total. The Balaban J connectivity index is 2.39. The van der Waals surface area contributed by atoms with Crippen LogP contribution in [0.1, 0.15) is 15.9 Å². The van der Waals surface area contributed by atoms with Crippen molar-refractivity contribution in [1.29, 1.82) is 0 Å². The fourth-order valence-corrected chi connectivity index (χ4v) is 2.10. The zero-order chi connectivity index (χ0) is 17.5. The first kappa shape index (κ1) is 17.0. The summed E-state index contributed by atoms with van der Waals surface area (Å²) in [6.45, 7) is -0.443. The van der Waals surface area contributed by atoms with Crippen LogP contribution in [-0.4, -0.2) is 35.0 Å². The highest BCUT2D eigenvalue weighted by atomic mass is 16.5. The molecule has 6 nitrogen and oxygen atoms in total. The zero-order valence-corrected chi connectivity index (χ0v) is 12.5. The first-order valence-corrected chi connectivity index (χ1v) is 6.95. The van der Waals surface area contributed by atoms with Gasteiger partial charge in [0.15, 0.2) is 6.61 Å². The molecule has 2 aromatic rings. The third kappa shape index (κ3) is 4.30. The van der Waals surface area contributed by atoms with E-state index in [0.29, 0.717) is 28.7 Å². The van der Waals surface area contributed by atoms with Gasteiger partial charge in [0.1, 0.15) is 12.0 Å². The smallest absolute Gasteiger partial charge is 0.341 e. The fourth-order valence-electron chi connectivity index (χ4n) is 2.10. The highest BCUT2D eigenvalue weighted by Gasteiger charge is 2.09. The molecular formula is C18H14O6. The van der Waals surface area contributed by atoms with Crippen molar-refractivity contribution in [2.24, 2.45) is 0 Å². The van der Waals surface area contributed by atoms with E-state index in [0.717, 1.165) is 0 Å². The van der Waals surface area contributed by atoms with E-state index in [1.165, 1.54) is 18.2 Å². The van der Waals surface area contributed by atoms with Crippen LogP contribution in [0.4, 0.5) is 0 Å². The molecule has 0 aliphatic rings. The van der Waals surface area contributed by atoms with Gasteiger partial charge in [0.2, 0.25) is 0 Å². The highest BCUT2D eigenvalue weighted by Crippen LogP contribution is 2.28. The Morgan fingerprint density at radius 2 is 1.75 bits per heavy atom. The van der Waals surface area contributed by atoms with E-state index in [1.807, 2.05) is 0 Å². The SMILES string of the molecule is O=CC=Cc1ccc(C(=O)O)cc1-c1ccc(OCC(=O)O)cc1. The molecule has 0 atom stereocenters. The maximum atomic E-state index is 11.2. The monoisotopic (exact) mass is 326 g/mol. The molecule has 0 radical (unpaired) electrons. The first-order chi connectivity index (χ1) is 11.5. The summed E-state index contributed by atoms with van der Waals surface area (Å²) in [5.74, 6) is -1.74. The minimum Gasteiger partial charge on any atom is -0.482 e. The van der Waals surface area contributed by atoms with Crippen LogP contribution in [-0.2, 0) is 9.59 Å². The van der Waals surface area contributed by atoms with E-state index in [2.05, 4.69) is 0 Å². The largest absolute Gasteiger partial charge is 0.482 e. The average molecular weight is 326 g/mol. The second-order valence-electron chi connectivity index (χ2n) is 4.81. The Morgan fingerprint density at radius 1 is 1.04 bits per heavy atom. The second-order valence-corrected chi connectivity index (χ2v) is 4.81. The van der Waals surface area contributed by atoms with Crippen molar-refractivity contribution in [2.45, 2.75) is 0 Å². The molecule has 2 aromatic carbocycles. The number of aldehydes is 1. The summed E-state index contributed by atoms with van der Waals surface area (Å²) in [6.07, 6.45) is 3.55. The molecule has 122 valence electrons. The van der Waals surface area contributed by atoms with E-state index < -0.39 is 18.5 Å². The van der Waals surface area contributed by atoms with Crippen molar-refractivity contribution in [2.75, 3.05) is 6.61 Å². The summed E-state index contributed by atoms with van der Waals surface area (Å²) in [7, 11) is 0. The summed E-state index contributed by atoms with van der Waals surface area (Å²) in [4.78, 5) is 32.2. The number of benzene rings is 2. The molecule has 0 fully saturated rings. The molecule has 6 heteroatoms. The minimum absolute atomic E-state index is 0.124. The molecular weight excluding hydrogens is 312 g/mol. The van der Waals surface area contributed by atoms with Crippen LogP contribution in [0.15, 0.2) is 48.5 Å². The molecule has 0 unspecified atom stereocenters. The van der Waals surface area contributed by atoms with Gasteiger partial charge >= 0.3 is 11.9 Å². The lowest BCUT2D eigenvalue weighted by molar-refractivity contribution is -0.139. The molecule has 2 rings (SSSR count). The van der Waals surface area contributed by atoms with Crippen LogP contribution >= 0.6 is 0 Å². The topological polar surface area (TPSA) is 101 Å². The van der Waals surface area contributed by atoms with Crippen LogP contribution in [0.2, 0.25) is 0 Å². The lowest BCUT2D eigenvalue weighted by Crippen LogP contribution is -2.09. The van der Waals surface area contributed by atoms with Crippen molar-refractivity contribution in [3.63, 3.8) is 0 Å². The predicted molar refractivity (Wildman–Crippen MR) is 87.1 cm³/mol. The molecule has 0 saturated heterocycles. The molecule has 0 saturated carbocycles. The lowest BCUT2D eigenvalue weighted by Gasteiger charge is -2.09. The van der Waals surface area contributed by atoms with E-state index in [1.54, 1.807) is 36.4 Å². The van der Waals surface area contributed by atoms with Gasteiger partial charge in [-0.05, 0) is 47.0 Å². The first-order valence-electron chi connectivity index (χ1n) is 6.95. The number of carboxylic acids is 2. The van der Waals surface area contributed by atoms with Crippen molar-refractivity contribution in [1.82, 2.24) is 0 Å². The Hall–Kier alpha value is -3.41. The molecule has 0 aliphatic carbocycles. The third-order valence-electron chi connectivity index (χ3n) is 3.18. The van der Waals surface area contributed by atoms with Gasteiger partial charge in [0.25, 0.3) is 0 Å². The van der Waals surface area contributed by atoms with E-state index in [4.69, 9.17) is 14.9 Å². The summed E-state index contributed by atoms with van der Waals surface area (Å²) >= 11 is 0. The number of carbonyl (C=O) groups excluding carboxylic acids is 1. The molecule has 24 heavy (non-hydrogen) atoms. The number of allylic oxidation sites excluding steroid dienone is 1. The number of ether oxygens (including phenoxy) is 1. The summed E-state index contributed by atoms with van der Waals surface area (Å²) in [5.41, 5.74) is 2.16. The lowest BCUT2D eigenvalue weighted by atomic mass is 9.97. The van der Waals surface area contributed by atoms with Gasteiger partial charge in [-0.15, -0.1) is 0 Å². The summed E-state index contributed by atoms with van der Waals surface area (Å²) < 4.78 is 5.06.